The van der Waals surface area contributed by atoms with E-state index in [-0.39, 0.29) is 5.92 Å². The van der Waals surface area contributed by atoms with E-state index in [1.807, 2.05) is 30.3 Å². The van der Waals surface area contributed by atoms with E-state index in [9.17, 15) is 9.90 Å². The smallest absolute Gasteiger partial charge is 0.306 e. The van der Waals surface area contributed by atoms with Gasteiger partial charge in [-0.1, -0.05) is 184 Å². The van der Waals surface area contributed by atoms with E-state index >= 15 is 0 Å². The van der Waals surface area contributed by atoms with Crippen LogP contribution in [0.4, 0.5) is 0 Å². The van der Waals surface area contributed by atoms with Crippen molar-refractivity contribution in [2.45, 2.75) is 168 Å². The molecule has 0 aromatic heterocycles. The van der Waals surface area contributed by atoms with Gasteiger partial charge in [-0.15, -0.1) is 0 Å². The van der Waals surface area contributed by atoms with E-state index in [2.05, 4.69) is 31.2 Å². The van der Waals surface area contributed by atoms with Crippen molar-refractivity contribution in [3.8, 4) is 5.75 Å². The second-order valence-electron chi connectivity index (χ2n) is 12.9. The lowest BCUT2D eigenvalue weighted by atomic mass is 9.93. The Hall–Kier alpha value is -2.29. The molecule has 0 aliphatic rings. The van der Waals surface area contributed by atoms with Crippen molar-refractivity contribution < 1.29 is 14.6 Å². The minimum absolute atomic E-state index is 0.241. The molecule has 43 heavy (non-hydrogen) atoms. The molecule has 0 heterocycles. The second kappa shape index (κ2) is 26.1. The molecule has 0 amide bonds. The number of ether oxygens (including phenoxy) is 1. The predicted octanol–water partition coefficient (Wildman–Crippen LogP) is 12.5. The van der Waals surface area contributed by atoms with E-state index in [1.165, 1.54) is 128 Å². The number of rotatable bonds is 29. The zero-order valence-corrected chi connectivity index (χ0v) is 27.7. The fraction of sp³-hybridized carbons (Fsp3) is 0.675. The summed E-state index contributed by atoms with van der Waals surface area (Å²) in [6.07, 6.45) is 31.2. The molecule has 3 heteroatoms. The average molecular weight is 593 g/mol. The first kappa shape index (κ1) is 36.9. The van der Waals surface area contributed by atoms with Crippen LogP contribution in [-0.2, 0) is 17.8 Å². The molecule has 0 bridgehead atoms. The quantitative estimate of drug-likeness (QED) is 0.0956. The number of carboxylic acid groups (broad SMARTS) is 1. The fourth-order valence-corrected chi connectivity index (χ4v) is 6.05. The zero-order chi connectivity index (χ0) is 30.6. The molecule has 0 radical (unpaired) electrons. The minimum atomic E-state index is -0.643. The van der Waals surface area contributed by atoms with Gasteiger partial charge in [-0.05, 0) is 42.5 Å². The third-order valence-corrected chi connectivity index (χ3v) is 8.96. The molecule has 2 rings (SSSR count). The number of aryl methyl sites for hydroxylation is 1. The maximum atomic E-state index is 11.8. The van der Waals surface area contributed by atoms with Crippen LogP contribution in [0.3, 0.4) is 0 Å². The van der Waals surface area contributed by atoms with Crippen molar-refractivity contribution in [1.82, 2.24) is 0 Å². The number of aliphatic carboxylic acids is 1. The van der Waals surface area contributed by atoms with Gasteiger partial charge in [-0.3, -0.25) is 4.79 Å². The molecule has 0 spiro atoms. The van der Waals surface area contributed by atoms with Crippen LogP contribution in [0.25, 0.3) is 0 Å². The number of carbonyl (C=O) groups is 1. The van der Waals surface area contributed by atoms with Crippen molar-refractivity contribution in [3.63, 3.8) is 0 Å². The Kier molecular flexibility index (Phi) is 22.4. The Morgan fingerprint density at radius 1 is 0.558 bits per heavy atom. The van der Waals surface area contributed by atoms with Crippen LogP contribution < -0.4 is 4.74 Å². The van der Waals surface area contributed by atoms with Crippen LogP contribution in [0.2, 0.25) is 0 Å². The normalized spacial score (nSPS) is 11.9. The van der Waals surface area contributed by atoms with E-state index in [0.717, 1.165) is 37.0 Å². The third kappa shape index (κ3) is 20.3. The van der Waals surface area contributed by atoms with Crippen LogP contribution in [0.15, 0.2) is 54.6 Å². The third-order valence-electron chi connectivity index (χ3n) is 8.96. The molecule has 3 nitrogen and oxygen atoms in total. The lowest BCUT2D eigenvalue weighted by molar-refractivity contribution is -0.142. The van der Waals surface area contributed by atoms with Crippen LogP contribution in [0.1, 0.15) is 166 Å². The molecule has 1 atom stereocenters. The van der Waals surface area contributed by atoms with Crippen molar-refractivity contribution in [2.24, 2.45) is 5.92 Å². The lowest BCUT2D eigenvalue weighted by Gasteiger charge is -2.13. The van der Waals surface area contributed by atoms with Crippen LogP contribution in [0, 0.1) is 5.92 Å². The Morgan fingerprint density at radius 3 is 1.44 bits per heavy atom. The fourth-order valence-electron chi connectivity index (χ4n) is 6.05. The molecule has 2 aromatic rings. The maximum Gasteiger partial charge on any atom is 0.306 e. The Bertz CT molecular complexity index is 892. The molecule has 0 aliphatic heterocycles. The molecule has 242 valence electrons. The summed E-state index contributed by atoms with van der Waals surface area (Å²) in [6.45, 7) is 2.85. The van der Waals surface area contributed by atoms with Crippen molar-refractivity contribution in [2.75, 3.05) is 0 Å². The largest absolute Gasteiger partial charge is 0.489 e. The summed E-state index contributed by atoms with van der Waals surface area (Å²) in [6, 6.07) is 18.3. The van der Waals surface area contributed by atoms with Crippen molar-refractivity contribution >= 4 is 5.97 Å². The maximum absolute atomic E-state index is 11.8. The molecule has 2 aromatic carbocycles. The van der Waals surface area contributed by atoms with Gasteiger partial charge in [0.15, 0.2) is 0 Å². The van der Waals surface area contributed by atoms with E-state index in [0.29, 0.717) is 13.0 Å². The lowest BCUT2D eigenvalue weighted by Crippen LogP contribution is -2.14. The highest BCUT2D eigenvalue weighted by molar-refractivity contribution is 5.69. The van der Waals surface area contributed by atoms with Gasteiger partial charge in [0.1, 0.15) is 12.4 Å². The molecular weight excluding hydrogens is 528 g/mol. The SMILES string of the molecule is CCCCCCCCCCCCCCCCCCCCCCCC(CCc1ccc(OCc2ccccc2)cc1)C(=O)O. The van der Waals surface area contributed by atoms with Crippen LogP contribution in [-0.4, -0.2) is 11.1 Å². The summed E-state index contributed by atoms with van der Waals surface area (Å²) in [5, 5.41) is 9.72. The van der Waals surface area contributed by atoms with Crippen molar-refractivity contribution in [1.29, 1.82) is 0 Å². The van der Waals surface area contributed by atoms with Gasteiger partial charge in [0.05, 0.1) is 5.92 Å². The summed E-state index contributed by atoms with van der Waals surface area (Å²) < 4.78 is 5.87. The molecular formula is C40H64O3. The molecule has 1 unspecified atom stereocenters. The van der Waals surface area contributed by atoms with Gasteiger partial charge in [0.25, 0.3) is 0 Å². The molecule has 0 aliphatic carbocycles. The monoisotopic (exact) mass is 592 g/mol. The predicted molar refractivity (Wildman–Crippen MR) is 184 cm³/mol. The summed E-state index contributed by atoms with van der Waals surface area (Å²) in [5.41, 5.74) is 2.33. The molecule has 0 fully saturated rings. The van der Waals surface area contributed by atoms with E-state index < -0.39 is 5.97 Å². The summed E-state index contributed by atoms with van der Waals surface area (Å²) in [7, 11) is 0. The molecule has 0 saturated carbocycles. The van der Waals surface area contributed by atoms with E-state index in [4.69, 9.17) is 4.74 Å². The molecule has 0 saturated heterocycles. The number of unbranched alkanes of at least 4 members (excludes halogenated alkanes) is 20. The average Bonchev–Trinajstić information content (AvgIpc) is 3.03. The van der Waals surface area contributed by atoms with Gasteiger partial charge >= 0.3 is 5.97 Å². The molecule has 1 N–H and O–H groups in total. The Balaban J connectivity index is 1.37. The second-order valence-corrected chi connectivity index (χ2v) is 12.9. The first-order valence-electron chi connectivity index (χ1n) is 18.2. The highest BCUT2D eigenvalue weighted by atomic mass is 16.5. The summed E-state index contributed by atoms with van der Waals surface area (Å²) >= 11 is 0. The first-order valence-corrected chi connectivity index (χ1v) is 18.2. The Labute approximate surface area is 265 Å². The van der Waals surface area contributed by atoms with Crippen LogP contribution in [0.5, 0.6) is 5.75 Å². The first-order chi connectivity index (χ1) is 21.2. The highest BCUT2D eigenvalue weighted by Crippen LogP contribution is 2.21. The van der Waals surface area contributed by atoms with Gasteiger partial charge in [0, 0.05) is 0 Å². The summed E-state index contributed by atoms with van der Waals surface area (Å²) in [5.74, 6) is -0.0349. The summed E-state index contributed by atoms with van der Waals surface area (Å²) in [4.78, 5) is 11.8. The van der Waals surface area contributed by atoms with Gasteiger partial charge < -0.3 is 9.84 Å². The highest BCUT2D eigenvalue weighted by Gasteiger charge is 2.16. The Morgan fingerprint density at radius 2 is 1.00 bits per heavy atom. The van der Waals surface area contributed by atoms with Gasteiger partial charge in [-0.25, -0.2) is 0 Å². The minimum Gasteiger partial charge on any atom is -0.489 e. The number of carboxylic acids is 1. The zero-order valence-electron chi connectivity index (χ0n) is 27.7. The van der Waals surface area contributed by atoms with Crippen molar-refractivity contribution in [3.05, 3.63) is 65.7 Å². The van der Waals surface area contributed by atoms with Crippen LogP contribution >= 0.6 is 0 Å². The number of hydrogen-bond acceptors (Lipinski definition) is 2. The number of hydrogen-bond donors (Lipinski definition) is 1. The number of benzene rings is 2. The van der Waals surface area contributed by atoms with Gasteiger partial charge in [0.2, 0.25) is 0 Å². The van der Waals surface area contributed by atoms with E-state index in [1.54, 1.807) is 0 Å². The van der Waals surface area contributed by atoms with Gasteiger partial charge in [-0.2, -0.15) is 0 Å². The topological polar surface area (TPSA) is 46.5 Å². The standard InChI is InChI=1S/C40H64O3/c1-2-3-4-5-6-7-8-9-10-11-12-13-14-15-16-17-18-19-20-21-25-28-38(40(41)42)32-29-36-30-33-39(34-31-36)43-35-37-26-23-22-24-27-37/h22-24,26-27,30-31,33-34,38H,2-21,25,28-29,32,35H2,1H3,(H,41,42).